The minimum absolute atomic E-state index is 0.0597. The van der Waals surface area contributed by atoms with Crippen molar-refractivity contribution in [2.75, 3.05) is 0 Å². The van der Waals surface area contributed by atoms with Gasteiger partial charge in [-0.15, -0.1) is 0 Å². The van der Waals surface area contributed by atoms with Crippen LogP contribution in [0.2, 0.25) is 5.31 Å². The largest absolute Gasteiger partial charge is 0.464 e. The minimum atomic E-state index is -0.156. The number of hydrogen-bond acceptors (Lipinski definition) is 2. The van der Waals surface area contributed by atoms with Gasteiger partial charge in [0.05, 0.1) is 11.2 Å². The zero-order chi connectivity index (χ0) is 12.8. The Hall–Kier alpha value is -0.0151. The number of hydrogen-bond donors (Lipinski definition) is 0. The fourth-order valence-corrected chi connectivity index (χ4v) is 4.74. The Bertz CT molecular complexity index is 362. The molecule has 0 radical (unpaired) electrons. The monoisotopic (exact) mass is 248 g/mol. The molecule has 5 aliphatic rings. The van der Waals surface area contributed by atoms with Crippen molar-refractivity contribution < 1.29 is 9.31 Å². The standard InChI is InChI=1S/C15H25BO2/c1-12(2)13(3,4)18-16(17-12)15-8-14(9-15,10-15)11-6-5-7-11/h11H,5-10H2,1-4H3. The lowest BCUT2D eigenvalue weighted by atomic mass is 9.21. The number of rotatable bonds is 2. The molecule has 0 spiro atoms. The molecule has 18 heavy (non-hydrogen) atoms. The summed E-state index contributed by atoms with van der Waals surface area (Å²) in [4.78, 5) is 0. The third-order valence-corrected chi connectivity index (χ3v) is 6.84. The van der Waals surface area contributed by atoms with E-state index in [2.05, 4.69) is 27.7 Å². The van der Waals surface area contributed by atoms with E-state index in [1.165, 1.54) is 38.5 Å². The molecule has 2 nitrogen and oxygen atoms in total. The maximum absolute atomic E-state index is 6.26. The summed E-state index contributed by atoms with van der Waals surface area (Å²) in [5, 5.41) is 0.390. The van der Waals surface area contributed by atoms with Crippen molar-refractivity contribution >= 4 is 7.12 Å². The maximum atomic E-state index is 6.26. The predicted octanol–water partition coefficient (Wildman–Crippen LogP) is 3.80. The lowest BCUT2D eigenvalue weighted by molar-refractivity contribution is -0.171. The van der Waals surface area contributed by atoms with Gasteiger partial charge >= 0.3 is 7.12 Å². The van der Waals surface area contributed by atoms with E-state index in [4.69, 9.17) is 9.31 Å². The van der Waals surface area contributed by atoms with Gasteiger partial charge in [-0.2, -0.15) is 0 Å². The minimum Gasteiger partial charge on any atom is -0.403 e. The van der Waals surface area contributed by atoms with Crippen molar-refractivity contribution in [3.63, 3.8) is 0 Å². The molecule has 2 bridgehead atoms. The molecule has 1 aliphatic heterocycles. The zero-order valence-corrected chi connectivity index (χ0v) is 12.2. The lowest BCUT2D eigenvalue weighted by Gasteiger charge is -2.75. The molecule has 0 aromatic carbocycles. The van der Waals surface area contributed by atoms with E-state index < -0.39 is 0 Å². The highest BCUT2D eigenvalue weighted by Gasteiger charge is 2.78. The second-order valence-corrected chi connectivity index (χ2v) is 8.47. The SMILES string of the molecule is CC1(C)OB(C23CC(C4CCC4)(C2)C3)OC1(C)C. The Kier molecular flexibility index (Phi) is 1.97. The van der Waals surface area contributed by atoms with E-state index in [0.717, 1.165) is 11.3 Å². The molecule has 5 fully saturated rings. The lowest BCUT2D eigenvalue weighted by Crippen LogP contribution is -2.67. The van der Waals surface area contributed by atoms with Gasteiger partial charge in [0.1, 0.15) is 0 Å². The first kappa shape index (κ1) is 11.8. The third kappa shape index (κ3) is 1.19. The average molecular weight is 248 g/mol. The van der Waals surface area contributed by atoms with Crippen LogP contribution >= 0.6 is 0 Å². The molecule has 0 atom stereocenters. The summed E-state index contributed by atoms with van der Waals surface area (Å²) in [6.45, 7) is 8.67. The fourth-order valence-electron chi connectivity index (χ4n) is 4.74. The molecule has 1 saturated heterocycles. The van der Waals surface area contributed by atoms with Gasteiger partial charge in [-0.1, -0.05) is 6.42 Å². The first-order chi connectivity index (χ1) is 8.29. The fraction of sp³-hybridized carbons (Fsp3) is 1.00. The molecule has 0 amide bonds. The average Bonchev–Trinajstić information content (AvgIpc) is 2.21. The molecule has 5 rings (SSSR count). The van der Waals surface area contributed by atoms with E-state index in [1.54, 1.807) is 0 Å². The van der Waals surface area contributed by atoms with Crippen molar-refractivity contribution in [3.05, 3.63) is 0 Å². The van der Waals surface area contributed by atoms with E-state index in [1.807, 2.05) is 0 Å². The molecular formula is C15H25BO2. The molecular weight excluding hydrogens is 223 g/mol. The summed E-state index contributed by atoms with van der Waals surface area (Å²) in [7, 11) is 0.0597. The molecule has 0 N–H and O–H groups in total. The summed E-state index contributed by atoms with van der Waals surface area (Å²) in [6, 6.07) is 0. The Morgan fingerprint density at radius 2 is 1.39 bits per heavy atom. The van der Waals surface area contributed by atoms with Crippen molar-refractivity contribution in [2.45, 2.75) is 82.7 Å². The highest BCUT2D eigenvalue weighted by molar-refractivity contribution is 6.51. The van der Waals surface area contributed by atoms with Crippen LogP contribution in [0.1, 0.15) is 66.2 Å². The van der Waals surface area contributed by atoms with Crippen molar-refractivity contribution in [2.24, 2.45) is 11.3 Å². The quantitative estimate of drug-likeness (QED) is 0.692. The Balaban J connectivity index is 1.46. The van der Waals surface area contributed by atoms with Gasteiger partial charge in [0.2, 0.25) is 0 Å². The summed E-state index contributed by atoms with van der Waals surface area (Å²) >= 11 is 0. The van der Waals surface area contributed by atoms with Crippen LogP contribution in [0.25, 0.3) is 0 Å². The van der Waals surface area contributed by atoms with Gasteiger partial charge < -0.3 is 9.31 Å². The van der Waals surface area contributed by atoms with E-state index >= 15 is 0 Å². The summed E-state index contributed by atoms with van der Waals surface area (Å²) in [6.07, 6.45) is 8.57. The van der Waals surface area contributed by atoms with E-state index in [9.17, 15) is 0 Å². The topological polar surface area (TPSA) is 18.5 Å². The summed E-state index contributed by atoms with van der Waals surface area (Å²) < 4.78 is 12.5. The summed E-state index contributed by atoms with van der Waals surface area (Å²) in [5.41, 5.74) is 0.412. The molecule has 100 valence electrons. The van der Waals surface area contributed by atoms with Crippen LogP contribution in [0.15, 0.2) is 0 Å². The molecule has 0 unspecified atom stereocenters. The first-order valence-electron chi connectivity index (χ1n) is 7.64. The second kappa shape index (κ2) is 3.01. The smallest absolute Gasteiger partial charge is 0.403 e. The highest BCUT2D eigenvalue weighted by atomic mass is 16.7. The molecule has 0 aromatic heterocycles. The van der Waals surface area contributed by atoms with Gasteiger partial charge in [0, 0.05) is 5.31 Å². The molecule has 0 aromatic rings. The molecule has 4 aliphatic carbocycles. The van der Waals surface area contributed by atoms with Crippen LogP contribution in [-0.2, 0) is 9.31 Å². The van der Waals surface area contributed by atoms with Gasteiger partial charge in [-0.05, 0) is 71.1 Å². The van der Waals surface area contributed by atoms with Crippen LogP contribution in [-0.4, -0.2) is 18.3 Å². The van der Waals surface area contributed by atoms with Crippen molar-refractivity contribution in [3.8, 4) is 0 Å². The zero-order valence-electron chi connectivity index (χ0n) is 12.2. The summed E-state index contributed by atoms with van der Waals surface area (Å²) in [5.74, 6) is 1.04. The van der Waals surface area contributed by atoms with E-state index in [0.29, 0.717) is 5.31 Å². The third-order valence-electron chi connectivity index (χ3n) is 6.84. The molecule has 1 heterocycles. The van der Waals surface area contributed by atoms with Crippen molar-refractivity contribution in [1.82, 2.24) is 0 Å². The highest BCUT2D eigenvalue weighted by Crippen LogP contribution is 2.84. The predicted molar refractivity (Wildman–Crippen MR) is 72.4 cm³/mol. The van der Waals surface area contributed by atoms with E-state index in [-0.39, 0.29) is 18.3 Å². The van der Waals surface area contributed by atoms with Gasteiger partial charge in [0.15, 0.2) is 0 Å². The van der Waals surface area contributed by atoms with Crippen LogP contribution < -0.4 is 0 Å². The Morgan fingerprint density at radius 3 is 1.78 bits per heavy atom. The van der Waals surface area contributed by atoms with Gasteiger partial charge in [0.25, 0.3) is 0 Å². The van der Waals surface area contributed by atoms with Crippen LogP contribution in [0.3, 0.4) is 0 Å². The Morgan fingerprint density at radius 1 is 0.889 bits per heavy atom. The van der Waals surface area contributed by atoms with Gasteiger partial charge in [-0.25, -0.2) is 0 Å². The normalized spacial score (nSPS) is 48.3. The second-order valence-electron chi connectivity index (χ2n) is 8.47. The van der Waals surface area contributed by atoms with Crippen LogP contribution in [0.4, 0.5) is 0 Å². The van der Waals surface area contributed by atoms with Crippen molar-refractivity contribution in [1.29, 1.82) is 0 Å². The Labute approximate surface area is 111 Å². The van der Waals surface area contributed by atoms with Crippen LogP contribution in [0.5, 0.6) is 0 Å². The molecule has 3 heteroatoms. The molecule has 4 saturated carbocycles. The van der Waals surface area contributed by atoms with Gasteiger partial charge in [-0.3, -0.25) is 0 Å². The van der Waals surface area contributed by atoms with Crippen LogP contribution in [0, 0.1) is 11.3 Å². The first-order valence-corrected chi connectivity index (χ1v) is 7.64. The maximum Gasteiger partial charge on any atom is 0.464 e.